The Bertz CT molecular complexity index is 4840. The molecule has 0 spiro atoms. The van der Waals surface area contributed by atoms with Gasteiger partial charge in [0.25, 0.3) is 0 Å². The maximum absolute atomic E-state index is 2.72. The van der Waals surface area contributed by atoms with Crippen molar-refractivity contribution in [3.63, 3.8) is 0 Å². The zero-order valence-corrected chi connectivity index (χ0v) is 44.7. The van der Waals surface area contributed by atoms with Crippen molar-refractivity contribution < 1.29 is 0 Å². The summed E-state index contributed by atoms with van der Waals surface area (Å²) >= 11 is 0. The van der Waals surface area contributed by atoms with E-state index in [9.17, 15) is 0 Å². The van der Waals surface area contributed by atoms with Crippen LogP contribution in [0.25, 0.3) is 154 Å². The first kappa shape index (κ1) is 44.3. The monoisotopic (exact) mass is 1050 g/mol. The van der Waals surface area contributed by atoms with Gasteiger partial charge in [-0.05, 0) is 134 Å². The van der Waals surface area contributed by atoms with Crippen LogP contribution in [0.2, 0.25) is 0 Å². The van der Waals surface area contributed by atoms with Crippen molar-refractivity contribution in [3.8, 4) is 22.7 Å². The van der Waals surface area contributed by atoms with E-state index in [1.165, 1.54) is 131 Å². The molecule has 6 nitrogen and oxygen atoms in total. The average Bonchev–Trinajstić information content (AvgIpc) is 3.06. The molecule has 0 amide bonds. The van der Waals surface area contributed by atoms with Crippen molar-refractivity contribution in [2.75, 3.05) is 0 Å². The van der Waals surface area contributed by atoms with Crippen molar-refractivity contribution in [3.05, 3.63) is 267 Å². The lowest BCUT2D eigenvalue weighted by Gasteiger charge is -2.40. The molecule has 19 rings (SSSR count). The molecule has 2 atom stereocenters. The van der Waals surface area contributed by atoms with Gasteiger partial charge in [0.05, 0.1) is 56.2 Å². The second-order valence-corrected chi connectivity index (χ2v) is 22.7. The summed E-state index contributed by atoms with van der Waals surface area (Å²) in [5, 5.41) is 15.2. The molecule has 6 aromatic heterocycles. The Hall–Kier alpha value is -10.6. The molecule has 1 aliphatic rings. The number of hydrogen-bond donors (Lipinski definition) is 0. The van der Waals surface area contributed by atoms with Gasteiger partial charge < -0.3 is 27.4 Å². The number of nitrogens with zero attached hydrogens (tertiary/aromatic N) is 6. The molecule has 1 fully saturated rings. The van der Waals surface area contributed by atoms with Gasteiger partial charge in [0, 0.05) is 109 Å². The highest BCUT2D eigenvalue weighted by Crippen LogP contribution is 2.51. The molecule has 82 heavy (non-hydrogen) atoms. The number of hydrogen-bond acceptors (Lipinski definition) is 0. The molecule has 6 heterocycles. The summed E-state index contributed by atoms with van der Waals surface area (Å²) in [5.41, 5.74) is 19.4. The minimum Gasteiger partial charge on any atom is -0.335 e. The van der Waals surface area contributed by atoms with Crippen LogP contribution in [0.4, 0.5) is 0 Å². The van der Waals surface area contributed by atoms with E-state index in [1.54, 1.807) is 0 Å². The van der Waals surface area contributed by atoms with E-state index in [-0.39, 0.29) is 12.1 Å². The Balaban J connectivity index is 0.850. The Morgan fingerprint density at radius 1 is 0.183 bits per heavy atom. The fourth-order valence-corrected chi connectivity index (χ4v) is 15.2. The molecule has 18 aromatic rings. The van der Waals surface area contributed by atoms with Crippen molar-refractivity contribution in [1.29, 1.82) is 0 Å². The van der Waals surface area contributed by atoms with E-state index in [4.69, 9.17) is 0 Å². The van der Waals surface area contributed by atoms with Crippen LogP contribution in [-0.4, -0.2) is 27.4 Å². The van der Waals surface area contributed by atoms with E-state index in [1.807, 2.05) is 0 Å². The zero-order chi connectivity index (χ0) is 53.3. The third-order valence-corrected chi connectivity index (χ3v) is 18.8. The van der Waals surface area contributed by atoms with Gasteiger partial charge in [0.2, 0.25) is 0 Å². The third-order valence-electron chi connectivity index (χ3n) is 18.8. The van der Waals surface area contributed by atoms with Crippen LogP contribution in [0, 0.1) is 0 Å². The molecule has 2 unspecified atom stereocenters. The molecular formula is C76H50N6. The Labute approximate surface area is 470 Å². The first-order valence-corrected chi connectivity index (χ1v) is 28.8. The van der Waals surface area contributed by atoms with Crippen LogP contribution in [-0.2, 0) is 0 Å². The third kappa shape index (κ3) is 5.92. The molecule has 1 saturated carbocycles. The summed E-state index contributed by atoms with van der Waals surface area (Å²) in [6.07, 6.45) is 2.12. The van der Waals surface area contributed by atoms with Crippen molar-refractivity contribution >= 4 is 131 Å². The minimum absolute atomic E-state index is 0.186. The van der Waals surface area contributed by atoms with Crippen molar-refractivity contribution in [2.24, 2.45) is 0 Å². The van der Waals surface area contributed by atoms with Crippen LogP contribution in [0.1, 0.15) is 24.9 Å². The van der Waals surface area contributed by atoms with Crippen molar-refractivity contribution in [1.82, 2.24) is 27.4 Å². The molecule has 0 aliphatic heterocycles. The summed E-state index contributed by atoms with van der Waals surface area (Å²) in [6.45, 7) is 0. The summed E-state index contributed by atoms with van der Waals surface area (Å²) in [6, 6.07) is 100. The molecule has 384 valence electrons. The standard InChI is InChI=1S/C76H50N6/c1-9-25-63-51(17-1)52-18-2-10-26-64(52)77(63)47-33-37-71-59(43-47)60-44-48(78-65-27-11-3-19-53(65)54-20-4-12-28-66(54)78)34-38-72(60)81(71)75-41-42-76(75)82-73-39-35-49(79-67-29-13-5-21-55(67)56-22-6-14-30-68(56)79)45-61(73)62-46-50(36-40-74(62)82)80-69-31-15-7-23-57(69)58-24-8-16-32-70(58)80/h1-40,43-46,75-76H,41-42H2. The van der Waals surface area contributed by atoms with Crippen LogP contribution in [0.3, 0.4) is 0 Å². The normalized spacial score (nSPS) is 15.0. The maximum Gasteiger partial charge on any atom is 0.0551 e. The van der Waals surface area contributed by atoms with Gasteiger partial charge in [-0.25, -0.2) is 0 Å². The largest absolute Gasteiger partial charge is 0.335 e. The predicted molar refractivity (Wildman–Crippen MR) is 344 cm³/mol. The summed E-state index contributed by atoms with van der Waals surface area (Å²) in [4.78, 5) is 0. The number of rotatable bonds is 6. The summed E-state index contributed by atoms with van der Waals surface area (Å²) in [5.74, 6) is 0. The molecular weight excluding hydrogens is 997 g/mol. The molecule has 0 N–H and O–H groups in total. The molecule has 12 aromatic carbocycles. The minimum atomic E-state index is 0.186. The topological polar surface area (TPSA) is 29.6 Å². The number of para-hydroxylation sites is 8. The fraction of sp³-hybridized carbons (Fsp3) is 0.0526. The quantitative estimate of drug-likeness (QED) is 0.159. The van der Waals surface area contributed by atoms with Crippen LogP contribution >= 0.6 is 0 Å². The lowest BCUT2D eigenvalue weighted by atomic mass is 9.85. The van der Waals surface area contributed by atoms with Gasteiger partial charge in [-0.15, -0.1) is 0 Å². The lowest BCUT2D eigenvalue weighted by molar-refractivity contribution is 0.205. The molecule has 0 radical (unpaired) electrons. The summed E-state index contributed by atoms with van der Waals surface area (Å²) < 4.78 is 15.3. The van der Waals surface area contributed by atoms with Gasteiger partial charge in [-0.1, -0.05) is 146 Å². The number of aromatic nitrogens is 6. The van der Waals surface area contributed by atoms with Gasteiger partial charge in [0.1, 0.15) is 0 Å². The maximum atomic E-state index is 2.72. The van der Waals surface area contributed by atoms with Gasteiger partial charge in [-0.2, -0.15) is 0 Å². The molecule has 1 aliphatic carbocycles. The van der Waals surface area contributed by atoms with E-state index in [0.29, 0.717) is 0 Å². The average molecular weight is 1050 g/mol. The Morgan fingerprint density at radius 2 is 0.366 bits per heavy atom. The smallest absolute Gasteiger partial charge is 0.0551 e. The van der Waals surface area contributed by atoms with Crippen LogP contribution in [0.5, 0.6) is 0 Å². The fourth-order valence-electron chi connectivity index (χ4n) is 15.2. The van der Waals surface area contributed by atoms with E-state index in [0.717, 1.165) is 35.6 Å². The van der Waals surface area contributed by atoms with E-state index < -0.39 is 0 Å². The van der Waals surface area contributed by atoms with Gasteiger partial charge >= 0.3 is 0 Å². The second kappa shape index (κ2) is 16.5. The molecule has 0 saturated heterocycles. The highest BCUT2D eigenvalue weighted by atomic mass is 15.1. The van der Waals surface area contributed by atoms with Crippen molar-refractivity contribution in [2.45, 2.75) is 24.9 Å². The SMILES string of the molecule is c1ccc2c(c1)c1ccccc1n2-c1ccc2c(c1)c1cc(-n3c4ccccc4c4ccccc43)ccc1n2C1CCC1n1c2ccc(-n3c4ccccc4c4ccccc43)cc2c2cc(-n3c4ccccc4c4ccccc43)ccc21. The number of fused-ring (bicyclic) bond motifs is 18. The zero-order valence-electron chi connectivity index (χ0n) is 44.7. The first-order valence-electron chi connectivity index (χ1n) is 28.8. The lowest BCUT2D eigenvalue weighted by Crippen LogP contribution is -2.31. The first-order chi connectivity index (χ1) is 40.7. The van der Waals surface area contributed by atoms with Gasteiger partial charge in [0.15, 0.2) is 0 Å². The van der Waals surface area contributed by atoms with E-state index >= 15 is 0 Å². The van der Waals surface area contributed by atoms with Gasteiger partial charge in [-0.3, -0.25) is 0 Å². The Morgan fingerprint density at radius 3 is 0.549 bits per heavy atom. The highest BCUT2D eigenvalue weighted by Gasteiger charge is 2.38. The Kier molecular flexibility index (Phi) is 8.92. The second-order valence-electron chi connectivity index (χ2n) is 22.7. The van der Waals surface area contributed by atoms with Crippen LogP contribution in [0.15, 0.2) is 267 Å². The highest BCUT2D eigenvalue weighted by molar-refractivity contribution is 6.16. The molecule has 6 heteroatoms. The van der Waals surface area contributed by atoms with E-state index in [2.05, 4.69) is 294 Å². The number of benzene rings is 12. The predicted octanol–water partition coefficient (Wildman–Crippen LogP) is 19.9. The molecule has 0 bridgehead atoms. The summed E-state index contributed by atoms with van der Waals surface area (Å²) in [7, 11) is 0. The van der Waals surface area contributed by atoms with Crippen LogP contribution < -0.4 is 0 Å².